The Balaban J connectivity index is 1.69. The standard InChI is InChI=1S/C23H40N2O4/c1-5-16-10-14-25(18(16)20-19(29-20)15(2)3)21(26)17(24-22(27)28)9-13-23(4)11-7-6-8-12-23/h15-20,24H,5-14H2,1-4H3,(H,27,28)/t16-,17?,18+,19?,20+/m1/s1. The molecule has 6 nitrogen and oxygen atoms in total. The molecule has 1 saturated carbocycles. The number of likely N-dealkylation sites (tertiary alicyclic amines) is 1. The van der Waals surface area contributed by atoms with E-state index in [-0.39, 0.29) is 29.6 Å². The Morgan fingerprint density at radius 1 is 1.24 bits per heavy atom. The normalized spacial score (nSPS) is 32.2. The molecule has 0 aromatic heterocycles. The van der Waals surface area contributed by atoms with Gasteiger partial charge in [-0.1, -0.05) is 53.4 Å². The second-order valence-electron chi connectivity index (χ2n) is 10.2. The van der Waals surface area contributed by atoms with E-state index in [1.54, 1.807) is 0 Å². The van der Waals surface area contributed by atoms with Gasteiger partial charge in [0.25, 0.3) is 0 Å². The third-order valence-electron chi connectivity index (χ3n) is 7.64. The van der Waals surface area contributed by atoms with Crippen LogP contribution in [0.3, 0.4) is 0 Å². The number of amides is 2. The number of hydrogen-bond acceptors (Lipinski definition) is 3. The second kappa shape index (κ2) is 9.23. The first-order chi connectivity index (χ1) is 13.8. The van der Waals surface area contributed by atoms with E-state index in [0.717, 1.165) is 19.3 Å². The summed E-state index contributed by atoms with van der Waals surface area (Å²) in [6, 6.07) is -0.566. The van der Waals surface area contributed by atoms with Crippen LogP contribution in [0.15, 0.2) is 0 Å². The van der Waals surface area contributed by atoms with Gasteiger partial charge in [-0.25, -0.2) is 4.79 Å². The fourth-order valence-corrected chi connectivity index (χ4v) is 5.73. The van der Waals surface area contributed by atoms with Crippen LogP contribution < -0.4 is 5.32 Å². The SMILES string of the molecule is CC[C@@H]1CCN(C(=O)C(CCC2(C)CCCCC2)NC(=O)O)[C@@H]1[C@@H]1OC1C(C)C. The first-order valence-electron chi connectivity index (χ1n) is 11.7. The number of carboxylic acid groups (broad SMARTS) is 1. The van der Waals surface area contributed by atoms with Gasteiger partial charge in [-0.2, -0.15) is 0 Å². The van der Waals surface area contributed by atoms with E-state index in [2.05, 4.69) is 33.0 Å². The Hall–Kier alpha value is -1.30. The van der Waals surface area contributed by atoms with Crippen molar-refractivity contribution in [3.05, 3.63) is 0 Å². The average molecular weight is 409 g/mol. The number of carbonyl (C=O) groups excluding carboxylic acids is 1. The van der Waals surface area contributed by atoms with Gasteiger partial charge in [0, 0.05) is 6.54 Å². The molecule has 0 aromatic carbocycles. The van der Waals surface area contributed by atoms with Crippen molar-refractivity contribution in [3.63, 3.8) is 0 Å². The molecule has 2 saturated heterocycles. The summed E-state index contributed by atoms with van der Waals surface area (Å²) >= 11 is 0. The Bertz CT molecular complexity index is 587. The van der Waals surface area contributed by atoms with Crippen LogP contribution in [0.4, 0.5) is 4.79 Å². The first-order valence-corrected chi connectivity index (χ1v) is 11.7. The van der Waals surface area contributed by atoms with Gasteiger partial charge in [0.1, 0.15) is 12.1 Å². The van der Waals surface area contributed by atoms with Crippen molar-refractivity contribution in [2.75, 3.05) is 6.54 Å². The molecule has 3 fully saturated rings. The van der Waals surface area contributed by atoms with E-state index in [4.69, 9.17) is 4.74 Å². The molecule has 29 heavy (non-hydrogen) atoms. The van der Waals surface area contributed by atoms with Crippen molar-refractivity contribution < 1.29 is 19.4 Å². The molecular formula is C23H40N2O4. The van der Waals surface area contributed by atoms with E-state index < -0.39 is 12.1 Å². The van der Waals surface area contributed by atoms with Crippen LogP contribution in [-0.2, 0) is 9.53 Å². The van der Waals surface area contributed by atoms with Crippen LogP contribution in [-0.4, -0.2) is 52.8 Å². The number of nitrogens with zero attached hydrogens (tertiary/aromatic N) is 1. The fraction of sp³-hybridized carbons (Fsp3) is 0.913. The topological polar surface area (TPSA) is 82.2 Å². The van der Waals surface area contributed by atoms with Crippen molar-refractivity contribution in [1.29, 1.82) is 0 Å². The van der Waals surface area contributed by atoms with Gasteiger partial charge in [0.15, 0.2) is 0 Å². The Morgan fingerprint density at radius 2 is 1.93 bits per heavy atom. The van der Waals surface area contributed by atoms with Gasteiger partial charge in [0.05, 0.1) is 12.1 Å². The summed E-state index contributed by atoms with van der Waals surface area (Å²) in [5, 5.41) is 11.9. The molecule has 0 radical (unpaired) electrons. The average Bonchev–Trinajstić information content (AvgIpc) is 3.36. The highest BCUT2D eigenvalue weighted by Gasteiger charge is 2.54. The number of hydrogen-bond donors (Lipinski definition) is 2. The van der Waals surface area contributed by atoms with Crippen LogP contribution in [0.5, 0.6) is 0 Å². The molecule has 1 aliphatic carbocycles. The molecule has 166 valence electrons. The zero-order chi connectivity index (χ0) is 21.2. The summed E-state index contributed by atoms with van der Waals surface area (Å²) in [6.45, 7) is 9.50. The largest absolute Gasteiger partial charge is 0.465 e. The highest BCUT2D eigenvalue weighted by Crippen LogP contribution is 2.43. The van der Waals surface area contributed by atoms with Crippen molar-refractivity contribution in [2.24, 2.45) is 17.3 Å². The summed E-state index contributed by atoms with van der Waals surface area (Å²) in [4.78, 5) is 26.9. The van der Waals surface area contributed by atoms with Gasteiger partial charge in [-0.15, -0.1) is 0 Å². The van der Waals surface area contributed by atoms with Crippen molar-refractivity contribution in [2.45, 2.75) is 110 Å². The molecule has 3 rings (SSSR count). The van der Waals surface area contributed by atoms with Gasteiger partial charge >= 0.3 is 6.09 Å². The number of rotatable bonds is 8. The highest BCUT2D eigenvalue weighted by molar-refractivity contribution is 5.86. The van der Waals surface area contributed by atoms with Crippen LogP contribution in [0.25, 0.3) is 0 Å². The number of ether oxygens (including phenoxy) is 1. The Kier molecular flexibility index (Phi) is 7.13. The van der Waals surface area contributed by atoms with E-state index in [1.165, 1.54) is 32.1 Å². The zero-order valence-electron chi connectivity index (χ0n) is 18.7. The minimum Gasteiger partial charge on any atom is -0.465 e. The monoisotopic (exact) mass is 408 g/mol. The summed E-state index contributed by atoms with van der Waals surface area (Å²) in [5.74, 6) is 0.828. The van der Waals surface area contributed by atoms with Gasteiger partial charge in [0.2, 0.25) is 5.91 Å². The predicted molar refractivity (Wildman–Crippen MR) is 113 cm³/mol. The summed E-state index contributed by atoms with van der Waals surface area (Å²) in [6.07, 6.45) is 8.82. The quantitative estimate of drug-likeness (QED) is 0.582. The number of carbonyl (C=O) groups is 2. The van der Waals surface area contributed by atoms with Crippen LogP contribution in [0.2, 0.25) is 0 Å². The van der Waals surface area contributed by atoms with Crippen LogP contribution >= 0.6 is 0 Å². The lowest BCUT2D eigenvalue weighted by Crippen LogP contribution is -2.52. The molecule has 5 atom stereocenters. The maximum Gasteiger partial charge on any atom is 0.405 e. The first kappa shape index (κ1) is 22.4. The minimum atomic E-state index is -1.11. The van der Waals surface area contributed by atoms with Gasteiger partial charge in [-0.3, -0.25) is 4.79 Å². The third kappa shape index (κ3) is 5.25. The van der Waals surface area contributed by atoms with Gasteiger partial charge < -0.3 is 20.1 Å². The molecular weight excluding hydrogens is 368 g/mol. The van der Waals surface area contributed by atoms with Crippen LogP contribution in [0.1, 0.15) is 85.5 Å². The summed E-state index contributed by atoms with van der Waals surface area (Å²) < 4.78 is 5.98. The molecule has 0 aromatic rings. The maximum absolute atomic E-state index is 13.5. The lowest BCUT2D eigenvalue weighted by atomic mass is 9.72. The van der Waals surface area contributed by atoms with Gasteiger partial charge in [-0.05, 0) is 49.4 Å². The molecule has 0 bridgehead atoms. The summed E-state index contributed by atoms with van der Waals surface area (Å²) in [5.41, 5.74) is 0.232. The second-order valence-corrected chi connectivity index (χ2v) is 10.2. The number of epoxide rings is 1. The Labute approximate surface area is 175 Å². The van der Waals surface area contributed by atoms with E-state index in [0.29, 0.717) is 24.8 Å². The third-order valence-corrected chi connectivity index (χ3v) is 7.64. The lowest BCUT2D eigenvalue weighted by molar-refractivity contribution is -0.135. The number of nitrogens with one attached hydrogen (secondary N) is 1. The molecule has 0 spiro atoms. The molecule has 2 unspecified atom stereocenters. The van der Waals surface area contributed by atoms with E-state index in [1.807, 2.05) is 4.90 Å². The molecule has 2 aliphatic heterocycles. The maximum atomic E-state index is 13.5. The fourth-order valence-electron chi connectivity index (χ4n) is 5.73. The molecule has 6 heteroatoms. The highest BCUT2D eigenvalue weighted by atomic mass is 16.6. The lowest BCUT2D eigenvalue weighted by Gasteiger charge is -2.36. The smallest absolute Gasteiger partial charge is 0.405 e. The predicted octanol–water partition coefficient (Wildman–Crippen LogP) is 4.42. The Morgan fingerprint density at radius 3 is 2.48 bits per heavy atom. The van der Waals surface area contributed by atoms with Crippen molar-refractivity contribution in [1.82, 2.24) is 10.2 Å². The molecule has 2 N–H and O–H groups in total. The van der Waals surface area contributed by atoms with Crippen molar-refractivity contribution >= 4 is 12.0 Å². The minimum absolute atomic E-state index is 0.0502. The molecule has 2 heterocycles. The van der Waals surface area contributed by atoms with Crippen molar-refractivity contribution in [3.8, 4) is 0 Å². The van der Waals surface area contributed by atoms with Crippen LogP contribution in [0, 0.1) is 17.3 Å². The summed E-state index contributed by atoms with van der Waals surface area (Å²) in [7, 11) is 0. The van der Waals surface area contributed by atoms with E-state index >= 15 is 0 Å². The zero-order valence-corrected chi connectivity index (χ0v) is 18.7. The molecule has 2 amide bonds. The van der Waals surface area contributed by atoms with E-state index in [9.17, 15) is 14.7 Å². The molecule has 3 aliphatic rings.